The number of H-pyrrole nitrogens is 2. The Labute approximate surface area is 115 Å². The Balaban J connectivity index is 1.91. The van der Waals surface area contributed by atoms with Crippen LogP contribution in [0, 0.1) is 6.92 Å². The van der Waals surface area contributed by atoms with Crippen molar-refractivity contribution in [2.24, 2.45) is 0 Å². The molecule has 2 heterocycles. The van der Waals surface area contributed by atoms with E-state index in [0.717, 1.165) is 17.0 Å². The van der Waals surface area contributed by atoms with E-state index in [-0.39, 0.29) is 5.56 Å². The Hall–Kier alpha value is -2.69. The van der Waals surface area contributed by atoms with Gasteiger partial charge in [-0.05, 0) is 12.5 Å². The average molecular weight is 266 g/mol. The second-order valence-corrected chi connectivity index (χ2v) is 4.59. The fraction of sp³-hybridized carbons (Fsp3) is 0.133. The number of aromatic amines is 2. The highest BCUT2D eigenvalue weighted by Gasteiger charge is 2.10. The normalized spacial score (nSPS) is 11.4. The van der Waals surface area contributed by atoms with Gasteiger partial charge in [-0.15, -0.1) is 0 Å². The molecule has 0 atom stereocenters. The maximum atomic E-state index is 11.7. The molecule has 2 N–H and O–H groups in total. The molecule has 1 aromatic carbocycles. The molecule has 100 valence electrons. The molecule has 0 spiro atoms. The first kappa shape index (κ1) is 12.3. The maximum absolute atomic E-state index is 11.7. The molecule has 0 aliphatic carbocycles. The summed E-state index contributed by atoms with van der Waals surface area (Å²) < 4.78 is 0. The first-order valence-electron chi connectivity index (χ1n) is 6.39. The number of aryl methyl sites for hydroxylation is 1. The van der Waals surface area contributed by atoms with Gasteiger partial charge in [-0.3, -0.25) is 9.89 Å². The first-order chi connectivity index (χ1) is 9.75. The second-order valence-electron chi connectivity index (χ2n) is 4.59. The van der Waals surface area contributed by atoms with E-state index in [1.54, 1.807) is 0 Å². The van der Waals surface area contributed by atoms with Crippen LogP contribution in [0.5, 0.6) is 0 Å². The molecule has 3 aromatic rings. The van der Waals surface area contributed by atoms with Crippen LogP contribution in [0.3, 0.4) is 0 Å². The predicted molar refractivity (Wildman–Crippen MR) is 78.4 cm³/mol. The zero-order valence-corrected chi connectivity index (χ0v) is 11.1. The standard InChI is InChI=1S/C15H14N4O/c1-10-13-14(18-16-10)12(17-19-15(13)20)9-5-8-11-6-3-2-4-7-11/h2-8H,9H2,1H3,(H,16,18)(H,19,20)/b8-5-. The second kappa shape index (κ2) is 5.13. The van der Waals surface area contributed by atoms with E-state index in [1.807, 2.05) is 49.4 Å². The van der Waals surface area contributed by atoms with Crippen LogP contribution >= 0.6 is 0 Å². The minimum atomic E-state index is -0.206. The molecule has 0 fully saturated rings. The van der Waals surface area contributed by atoms with E-state index < -0.39 is 0 Å². The highest BCUT2D eigenvalue weighted by molar-refractivity contribution is 5.81. The Morgan fingerprint density at radius 3 is 2.75 bits per heavy atom. The average Bonchev–Trinajstić information content (AvgIpc) is 2.86. The highest BCUT2D eigenvalue weighted by atomic mass is 16.1. The van der Waals surface area contributed by atoms with Crippen molar-refractivity contribution in [3.8, 4) is 0 Å². The molecular formula is C15H14N4O. The predicted octanol–water partition coefficient (Wildman–Crippen LogP) is 2.21. The van der Waals surface area contributed by atoms with Gasteiger partial charge in [0, 0.05) is 12.1 Å². The number of benzene rings is 1. The summed E-state index contributed by atoms with van der Waals surface area (Å²) in [5, 5.41) is 14.2. The van der Waals surface area contributed by atoms with Crippen LogP contribution in [0.15, 0.2) is 41.2 Å². The number of nitrogens with one attached hydrogen (secondary N) is 2. The Bertz CT molecular complexity index is 815. The van der Waals surface area contributed by atoms with Crippen molar-refractivity contribution < 1.29 is 0 Å². The third-order valence-electron chi connectivity index (χ3n) is 3.16. The van der Waals surface area contributed by atoms with E-state index >= 15 is 0 Å². The third-order valence-corrected chi connectivity index (χ3v) is 3.16. The van der Waals surface area contributed by atoms with E-state index in [2.05, 4.69) is 20.4 Å². The maximum Gasteiger partial charge on any atom is 0.275 e. The van der Waals surface area contributed by atoms with Gasteiger partial charge in [-0.2, -0.15) is 10.2 Å². The quantitative estimate of drug-likeness (QED) is 0.763. The molecule has 0 saturated heterocycles. The van der Waals surface area contributed by atoms with Crippen molar-refractivity contribution in [3.05, 3.63) is 63.7 Å². The molecule has 2 aromatic heterocycles. The zero-order chi connectivity index (χ0) is 13.9. The van der Waals surface area contributed by atoms with Crippen molar-refractivity contribution in [1.82, 2.24) is 20.4 Å². The van der Waals surface area contributed by atoms with Crippen molar-refractivity contribution in [2.45, 2.75) is 13.3 Å². The molecule has 5 heteroatoms. The summed E-state index contributed by atoms with van der Waals surface area (Å²) in [7, 11) is 0. The van der Waals surface area contributed by atoms with Crippen LogP contribution in [0.4, 0.5) is 0 Å². The van der Waals surface area contributed by atoms with Crippen LogP contribution < -0.4 is 5.56 Å². The lowest BCUT2D eigenvalue weighted by Crippen LogP contribution is -2.10. The number of rotatable bonds is 3. The van der Waals surface area contributed by atoms with Crippen molar-refractivity contribution in [3.63, 3.8) is 0 Å². The molecule has 3 rings (SSSR count). The summed E-state index contributed by atoms with van der Waals surface area (Å²) >= 11 is 0. The molecule has 0 bridgehead atoms. The molecule has 0 aliphatic rings. The van der Waals surface area contributed by atoms with Crippen molar-refractivity contribution in [2.75, 3.05) is 0 Å². The van der Waals surface area contributed by atoms with Crippen LogP contribution in [0.2, 0.25) is 0 Å². The number of allylic oxidation sites excluding steroid dienone is 1. The molecule has 0 amide bonds. The lowest BCUT2D eigenvalue weighted by molar-refractivity contribution is 0.938. The molecule has 0 saturated carbocycles. The van der Waals surface area contributed by atoms with Gasteiger partial charge in [0.15, 0.2) is 0 Å². The minimum Gasteiger partial charge on any atom is -0.281 e. The molecule has 20 heavy (non-hydrogen) atoms. The van der Waals surface area contributed by atoms with E-state index in [1.165, 1.54) is 0 Å². The van der Waals surface area contributed by atoms with Gasteiger partial charge in [0.05, 0.1) is 11.1 Å². The van der Waals surface area contributed by atoms with Crippen molar-refractivity contribution >= 4 is 17.0 Å². The summed E-state index contributed by atoms with van der Waals surface area (Å²) in [6, 6.07) is 10.0. The Morgan fingerprint density at radius 1 is 1.15 bits per heavy atom. The third kappa shape index (κ3) is 2.25. The fourth-order valence-corrected chi connectivity index (χ4v) is 2.16. The van der Waals surface area contributed by atoms with E-state index in [9.17, 15) is 4.79 Å². The summed E-state index contributed by atoms with van der Waals surface area (Å²) in [5.74, 6) is 0. The van der Waals surface area contributed by atoms with Gasteiger partial charge in [0.1, 0.15) is 5.52 Å². The van der Waals surface area contributed by atoms with Crippen molar-refractivity contribution in [1.29, 1.82) is 0 Å². The van der Waals surface area contributed by atoms with Gasteiger partial charge >= 0.3 is 0 Å². The Kier molecular flexibility index (Phi) is 3.16. The Morgan fingerprint density at radius 2 is 1.95 bits per heavy atom. The van der Waals surface area contributed by atoms with Crippen LogP contribution in [0.25, 0.3) is 17.0 Å². The van der Waals surface area contributed by atoms with E-state index in [0.29, 0.717) is 17.3 Å². The smallest absolute Gasteiger partial charge is 0.275 e. The highest BCUT2D eigenvalue weighted by Crippen LogP contribution is 2.14. The number of hydrogen-bond donors (Lipinski definition) is 2. The zero-order valence-electron chi connectivity index (χ0n) is 11.1. The molecule has 5 nitrogen and oxygen atoms in total. The van der Waals surface area contributed by atoms with Gasteiger partial charge in [0.25, 0.3) is 5.56 Å². The van der Waals surface area contributed by atoms with Crippen LogP contribution in [-0.2, 0) is 6.42 Å². The topological polar surface area (TPSA) is 74.4 Å². The molecule has 0 unspecified atom stereocenters. The van der Waals surface area contributed by atoms with Gasteiger partial charge in [-0.1, -0.05) is 42.5 Å². The SMILES string of the molecule is Cc1[nH]nc2c(C/C=C\c3ccccc3)n[nH]c(=O)c12. The number of fused-ring (bicyclic) bond motifs is 1. The summed E-state index contributed by atoms with van der Waals surface area (Å²) in [6.45, 7) is 1.83. The van der Waals surface area contributed by atoms with E-state index in [4.69, 9.17) is 0 Å². The molecule has 0 aliphatic heterocycles. The molecular weight excluding hydrogens is 252 g/mol. The summed E-state index contributed by atoms with van der Waals surface area (Å²) in [6.07, 6.45) is 4.66. The van der Waals surface area contributed by atoms with Crippen LogP contribution in [0.1, 0.15) is 17.0 Å². The monoisotopic (exact) mass is 266 g/mol. The van der Waals surface area contributed by atoms with Crippen LogP contribution in [-0.4, -0.2) is 20.4 Å². The van der Waals surface area contributed by atoms with Gasteiger partial charge in [0.2, 0.25) is 0 Å². The van der Waals surface area contributed by atoms with Gasteiger partial charge < -0.3 is 0 Å². The number of hydrogen-bond acceptors (Lipinski definition) is 3. The molecule has 0 radical (unpaired) electrons. The summed E-state index contributed by atoms with van der Waals surface area (Å²) in [5.41, 5.74) is 3.09. The lowest BCUT2D eigenvalue weighted by Gasteiger charge is -1.97. The summed E-state index contributed by atoms with van der Waals surface area (Å²) in [4.78, 5) is 11.7. The fourth-order valence-electron chi connectivity index (χ4n) is 2.16. The number of nitrogens with zero attached hydrogens (tertiary/aromatic N) is 2. The first-order valence-corrected chi connectivity index (χ1v) is 6.39. The minimum absolute atomic E-state index is 0.206. The van der Waals surface area contributed by atoms with Gasteiger partial charge in [-0.25, -0.2) is 5.10 Å². The lowest BCUT2D eigenvalue weighted by atomic mass is 10.1. The number of aromatic nitrogens is 4. The largest absolute Gasteiger partial charge is 0.281 e.